The molecule has 3 heterocycles. The standard InChI is InChI=1S/C18H16FN5O4S/c1-24-9-11(8-20-24)17-22-14-4-5-29(27,28)16(14)18(23-17)21-12-3-2-10(6-15(25)26)13(19)7-12/h2-3,7-9H,4-6H2,1H3,(H,25,26)(H,21,22,23). The number of fused-ring (bicyclic) bond motifs is 1. The van der Waals surface area contributed by atoms with Gasteiger partial charge in [0.05, 0.1) is 29.6 Å². The van der Waals surface area contributed by atoms with Crippen LogP contribution in [0.5, 0.6) is 0 Å². The summed E-state index contributed by atoms with van der Waals surface area (Å²) in [7, 11) is -1.83. The van der Waals surface area contributed by atoms with Crippen LogP contribution in [-0.4, -0.2) is 45.0 Å². The maximum atomic E-state index is 14.2. The average Bonchev–Trinajstić information content (AvgIpc) is 3.20. The van der Waals surface area contributed by atoms with Gasteiger partial charge in [0.15, 0.2) is 21.5 Å². The number of nitrogens with zero attached hydrogens (tertiary/aromatic N) is 4. The van der Waals surface area contributed by atoms with Crippen LogP contribution in [0.15, 0.2) is 35.5 Å². The zero-order chi connectivity index (χ0) is 20.8. The van der Waals surface area contributed by atoms with E-state index in [1.54, 1.807) is 24.1 Å². The molecular weight excluding hydrogens is 401 g/mol. The molecule has 0 atom stereocenters. The second-order valence-electron chi connectivity index (χ2n) is 6.64. The van der Waals surface area contributed by atoms with Gasteiger partial charge in [0.2, 0.25) is 0 Å². The minimum absolute atomic E-state index is 0.000149. The summed E-state index contributed by atoms with van der Waals surface area (Å²) in [6, 6.07) is 3.92. The third-order valence-corrected chi connectivity index (χ3v) is 6.27. The maximum Gasteiger partial charge on any atom is 0.307 e. The first-order chi connectivity index (χ1) is 13.7. The van der Waals surface area contributed by atoms with Crippen molar-refractivity contribution in [1.29, 1.82) is 0 Å². The Morgan fingerprint density at radius 2 is 2.14 bits per heavy atom. The molecule has 4 rings (SSSR count). The van der Waals surface area contributed by atoms with Crippen LogP contribution in [0.1, 0.15) is 11.3 Å². The molecule has 0 saturated carbocycles. The van der Waals surface area contributed by atoms with Crippen molar-refractivity contribution in [2.75, 3.05) is 11.1 Å². The first-order valence-corrected chi connectivity index (χ1v) is 10.3. The molecule has 1 aromatic carbocycles. The van der Waals surface area contributed by atoms with E-state index in [1.807, 2.05) is 0 Å². The molecule has 0 unspecified atom stereocenters. The predicted octanol–water partition coefficient (Wildman–Crippen LogP) is 1.72. The van der Waals surface area contributed by atoms with Gasteiger partial charge in [-0.15, -0.1) is 0 Å². The summed E-state index contributed by atoms with van der Waals surface area (Å²) in [4.78, 5) is 19.5. The van der Waals surface area contributed by atoms with Gasteiger partial charge < -0.3 is 10.4 Å². The Bertz CT molecular complexity index is 1240. The Hall–Kier alpha value is -3.34. The van der Waals surface area contributed by atoms with E-state index in [0.29, 0.717) is 17.1 Å². The molecule has 150 valence electrons. The first-order valence-electron chi connectivity index (χ1n) is 8.63. The molecule has 3 aromatic rings. The van der Waals surface area contributed by atoms with Gasteiger partial charge in [-0.2, -0.15) is 5.10 Å². The van der Waals surface area contributed by atoms with Crippen molar-refractivity contribution in [3.05, 3.63) is 47.7 Å². The molecule has 0 aliphatic carbocycles. The highest BCUT2D eigenvalue weighted by Crippen LogP contribution is 2.34. The van der Waals surface area contributed by atoms with Crippen molar-refractivity contribution in [1.82, 2.24) is 19.7 Å². The van der Waals surface area contributed by atoms with Crippen molar-refractivity contribution < 1.29 is 22.7 Å². The molecular formula is C18H16FN5O4S. The highest BCUT2D eigenvalue weighted by atomic mass is 32.2. The Balaban J connectivity index is 1.77. The third kappa shape index (κ3) is 3.68. The van der Waals surface area contributed by atoms with Gasteiger partial charge in [0, 0.05) is 25.4 Å². The molecule has 0 amide bonds. The van der Waals surface area contributed by atoms with E-state index in [2.05, 4.69) is 20.4 Å². The molecule has 29 heavy (non-hydrogen) atoms. The highest BCUT2D eigenvalue weighted by molar-refractivity contribution is 7.91. The number of hydrogen-bond acceptors (Lipinski definition) is 7. The fourth-order valence-electron chi connectivity index (χ4n) is 3.14. The van der Waals surface area contributed by atoms with Gasteiger partial charge in [-0.25, -0.2) is 22.8 Å². The summed E-state index contributed by atoms with van der Waals surface area (Å²) < 4.78 is 40.8. The van der Waals surface area contributed by atoms with Crippen LogP contribution in [0, 0.1) is 5.82 Å². The SMILES string of the molecule is Cn1cc(-c2nc3c(c(Nc4ccc(CC(=O)O)c(F)c4)n2)S(=O)(=O)CC3)cn1. The van der Waals surface area contributed by atoms with Crippen LogP contribution < -0.4 is 5.32 Å². The smallest absolute Gasteiger partial charge is 0.307 e. The van der Waals surface area contributed by atoms with E-state index in [4.69, 9.17) is 5.11 Å². The molecule has 2 aromatic heterocycles. The maximum absolute atomic E-state index is 14.2. The van der Waals surface area contributed by atoms with E-state index in [-0.39, 0.29) is 34.1 Å². The van der Waals surface area contributed by atoms with Crippen LogP contribution in [0.3, 0.4) is 0 Å². The second-order valence-corrected chi connectivity index (χ2v) is 8.69. The van der Waals surface area contributed by atoms with Crippen molar-refractivity contribution in [2.45, 2.75) is 17.7 Å². The summed E-state index contributed by atoms with van der Waals surface area (Å²) in [5.74, 6) is -1.58. The van der Waals surface area contributed by atoms with Crippen molar-refractivity contribution in [3.8, 4) is 11.4 Å². The topological polar surface area (TPSA) is 127 Å². The number of carboxylic acid groups (broad SMARTS) is 1. The highest BCUT2D eigenvalue weighted by Gasteiger charge is 2.33. The first kappa shape index (κ1) is 19.0. The number of rotatable bonds is 5. The molecule has 11 heteroatoms. The van der Waals surface area contributed by atoms with Gasteiger partial charge in [0.1, 0.15) is 10.7 Å². The normalized spacial score (nSPS) is 14.6. The fraction of sp³-hybridized carbons (Fsp3) is 0.222. The van der Waals surface area contributed by atoms with E-state index >= 15 is 0 Å². The Morgan fingerprint density at radius 1 is 1.34 bits per heavy atom. The fourth-order valence-corrected chi connectivity index (χ4v) is 4.71. The third-order valence-electron chi connectivity index (χ3n) is 4.47. The van der Waals surface area contributed by atoms with E-state index in [1.165, 1.54) is 12.1 Å². The lowest BCUT2D eigenvalue weighted by Crippen LogP contribution is -2.08. The Labute approximate surface area is 165 Å². The van der Waals surface area contributed by atoms with Crippen LogP contribution in [0.2, 0.25) is 0 Å². The molecule has 0 spiro atoms. The summed E-state index contributed by atoms with van der Waals surface area (Å²) in [5.41, 5.74) is 1.28. The van der Waals surface area contributed by atoms with Crippen LogP contribution in [0.25, 0.3) is 11.4 Å². The van der Waals surface area contributed by atoms with Crippen LogP contribution >= 0.6 is 0 Å². The average molecular weight is 417 g/mol. The number of halogens is 1. The Morgan fingerprint density at radius 3 is 2.79 bits per heavy atom. The van der Waals surface area contributed by atoms with Crippen molar-refractivity contribution in [2.24, 2.45) is 7.05 Å². The number of benzene rings is 1. The number of anilines is 2. The number of hydrogen-bond donors (Lipinski definition) is 2. The Kier molecular flexibility index (Phi) is 4.53. The largest absolute Gasteiger partial charge is 0.481 e. The molecule has 1 aliphatic rings. The molecule has 0 radical (unpaired) electrons. The number of aliphatic carboxylic acids is 1. The zero-order valence-electron chi connectivity index (χ0n) is 15.3. The predicted molar refractivity (Wildman–Crippen MR) is 101 cm³/mol. The van der Waals surface area contributed by atoms with Gasteiger partial charge in [0.25, 0.3) is 0 Å². The molecule has 9 nitrogen and oxygen atoms in total. The summed E-state index contributed by atoms with van der Waals surface area (Å²) in [6.45, 7) is 0. The van der Waals surface area contributed by atoms with Crippen molar-refractivity contribution in [3.63, 3.8) is 0 Å². The lowest BCUT2D eigenvalue weighted by molar-refractivity contribution is -0.136. The van der Waals surface area contributed by atoms with E-state index in [9.17, 15) is 17.6 Å². The van der Waals surface area contributed by atoms with Gasteiger partial charge in [-0.3, -0.25) is 9.48 Å². The van der Waals surface area contributed by atoms with Crippen LogP contribution in [0.4, 0.5) is 15.9 Å². The number of aromatic nitrogens is 4. The summed E-state index contributed by atoms with van der Waals surface area (Å²) in [6.07, 6.45) is 3.08. The minimum atomic E-state index is -3.56. The number of aryl methyl sites for hydroxylation is 2. The van der Waals surface area contributed by atoms with Gasteiger partial charge >= 0.3 is 5.97 Å². The summed E-state index contributed by atoms with van der Waals surface area (Å²) in [5, 5.41) is 15.8. The number of carbonyl (C=O) groups is 1. The molecule has 2 N–H and O–H groups in total. The van der Waals surface area contributed by atoms with Crippen molar-refractivity contribution >= 4 is 27.3 Å². The van der Waals surface area contributed by atoms with E-state index in [0.717, 1.165) is 6.07 Å². The minimum Gasteiger partial charge on any atom is -0.481 e. The van der Waals surface area contributed by atoms with Gasteiger partial charge in [-0.05, 0) is 17.7 Å². The lowest BCUT2D eigenvalue weighted by Gasteiger charge is -2.12. The van der Waals surface area contributed by atoms with Crippen LogP contribution in [-0.2, 0) is 34.5 Å². The van der Waals surface area contributed by atoms with E-state index < -0.39 is 28.0 Å². The number of sulfone groups is 1. The molecule has 1 aliphatic heterocycles. The lowest BCUT2D eigenvalue weighted by atomic mass is 10.1. The molecule has 0 saturated heterocycles. The number of nitrogens with one attached hydrogen (secondary N) is 1. The zero-order valence-corrected chi connectivity index (χ0v) is 16.1. The monoisotopic (exact) mass is 417 g/mol. The number of carboxylic acids is 1. The summed E-state index contributed by atoms with van der Waals surface area (Å²) >= 11 is 0. The molecule has 0 fully saturated rings. The van der Waals surface area contributed by atoms with Gasteiger partial charge in [-0.1, -0.05) is 6.07 Å². The molecule has 0 bridgehead atoms. The second kappa shape index (κ2) is 6.92. The quantitative estimate of drug-likeness (QED) is 0.642.